The molecule has 1 aliphatic rings. The van der Waals surface area contributed by atoms with Gasteiger partial charge in [-0.05, 0) is 55.2 Å². The van der Waals surface area contributed by atoms with Gasteiger partial charge in [-0.25, -0.2) is 4.79 Å². The molecule has 140 valence electrons. The van der Waals surface area contributed by atoms with Crippen molar-refractivity contribution in [2.24, 2.45) is 0 Å². The van der Waals surface area contributed by atoms with Crippen LogP contribution in [0.2, 0.25) is 5.02 Å². The lowest BCUT2D eigenvalue weighted by Gasteiger charge is -2.31. The fraction of sp³-hybridized carbons (Fsp3) is 0.318. The Kier molecular flexibility index (Phi) is 4.83. The van der Waals surface area contributed by atoms with E-state index in [2.05, 4.69) is 11.8 Å². The van der Waals surface area contributed by atoms with Crippen LogP contribution in [0.3, 0.4) is 0 Å². The van der Waals surface area contributed by atoms with Crippen LogP contribution in [0, 0.1) is 6.92 Å². The quantitative estimate of drug-likeness (QED) is 0.561. The first-order valence-corrected chi connectivity index (χ1v) is 9.67. The second-order valence-electron chi connectivity index (χ2n) is 7.02. The van der Waals surface area contributed by atoms with E-state index in [1.807, 2.05) is 37.3 Å². The summed E-state index contributed by atoms with van der Waals surface area (Å²) in [7, 11) is 0. The molecule has 0 saturated heterocycles. The number of ether oxygens (including phenoxy) is 1. The number of rotatable bonds is 4. The molecule has 0 spiro atoms. The molecular formula is C22H22ClNO3. The van der Waals surface area contributed by atoms with Crippen molar-refractivity contribution >= 4 is 28.3 Å². The van der Waals surface area contributed by atoms with Gasteiger partial charge < -0.3 is 14.1 Å². The van der Waals surface area contributed by atoms with Crippen LogP contribution in [-0.4, -0.2) is 6.73 Å². The second kappa shape index (κ2) is 7.28. The fourth-order valence-corrected chi connectivity index (χ4v) is 3.69. The summed E-state index contributed by atoms with van der Waals surface area (Å²) < 4.78 is 11.6. The Balaban J connectivity index is 1.78. The zero-order valence-electron chi connectivity index (χ0n) is 15.5. The zero-order valence-corrected chi connectivity index (χ0v) is 16.3. The molecule has 5 heteroatoms. The molecule has 0 radical (unpaired) electrons. The van der Waals surface area contributed by atoms with Crippen molar-refractivity contribution in [3.05, 3.63) is 68.5 Å². The maximum atomic E-state index is 12.1. The van der Waals surface area contributed by atoms with Gasteiger partial charge in [-0.1, -0.05) is 31.0 Å². The molecule has 3 aromatic rings. The Morgan fingerprint density at radius 1 is 1.19 bits per heavy atom. The lowest BCUT2D eigenvalue weighted by Crippen LogP contribution is -2.32. The first-order chi connectivity index (χ1) is 13.1. The van der Waals surface area contributed by atoms with Crippen molar-refractivity contribution in [1.29, 1.82) is 0 Å². The minimum Gasteiger partial charge on any atom is -0.473 e. The van der Waals surface area contributed by atoms with E-state index in [-0.39, 0.29) is 5.63 Å². The Labute approximate surface area is 163 Å². The van der Waals surface area contributed by atoms with Gasteiger partial charge >= 0.3 is 5.63 Å². The molecule has 0 bridgehead atoms. The normalized spacial score (nSPS) is 13.5. The number of anilines is 1. The van der Waals surface area contributed by atoms with E-state index in [1.54, 1.807) is 6.07 Å². The topological polar surface area (TPSA) is 42.7 Å². The zero-order chi connectivity index (χ0) is 19.0. The van der Waals surface area contributed by atoms with Gasteiger partial charge in [0, 0.05) is 22.2 Å². The molecule has 27 heavy (non-hydrogen) atoms. The molecule has 0 unspecified atom stereocenters. The van der Waals surface area contributed by atoms with Crippen LogP contribution in [0.5, 0.6) is 5.75 Å². The lowest BCUT2D eigenvalue weighted by molar-refractivity contribution is 0.289. The molecule has 4 nitrogen and oxygen atoms in total. The number of hydrogen-bond donors (Lipinski definition) is 0. The number of halogens is 1. The van der Waals surface area contributed by atoms with E-state index in [0.717, 1.165) is 57.8 Å². The third kappa shape index (κ3) is 3.42. The Hall–Kier alpha value is -2.46. The van der Waals surface area contributed by atoms with Gasteiger partial charge in [0.15, 0.2) is 6.73 Å². The summed E-state index contributed by atoms with van der Waals surface area (Å²) >= 11 is 6.29. The lowest BCUT2D eigenvalue weighted by atomic mass is 10.0. The molecule has 2 heterocycles. The van der Waals surface area contributed by atoms with Crippen LogP contribution in [0.1, 0.15) is 36.5 Å². The van der Waals surface area contributed by atoms with Gasteiger partial charge in [0.05, 0.1) is 12.1 Å². The minimum absolute atomic E-state index is 0.308. The number of hydrogen-bond acceptors (Lipinski definition) is 4. The summed E-state index contributed by atoms with van der Waals surface area (Å²) in [5.41, 5.74) is 4.30. The predicted octanol–water partition coefficient (Wildman–Crippen LogP) is 5.45. The van der Waals surface area contributed by atoms with E-state index in [9.17, 15) is 4.79 Å². The van der Waals surface area contributed by atoms with Crippen molar-refractivity contribution in [2.45, 2.75) is 39.7 Å². The summed E-state index contributed by atoms with van der Waals surface area (Å²) in [6.45, 7) is 5.16. The SMILES string of the molecule is CCCCc1cc(=O)oc2c3c(ccc12)OCN(c1ccc(C)c(Cl)c1)C3. The Bertz CT molecular complexity index is 1060. The number of aryl methyl sites for hydroxylation is 2. The molecule has 0 N–H and O–H groups in total. The molecule has 0 fully saturated rings. The summed E-state index contributed by atoms with van der Waals surface area (Å²) in [6, 6.07) is 11.6. The van der Waals surface area contributed by atoms with Crippen molar-refractivity contribution in [1.82, 2.24) is 0 Å². The average Bonchev–Trinajstić information content (AvgIpc) is 2.67. The van der Waals surface area contributed by atoms with Gasteiger partial charge in [0.2, 0.25) is 0 Å². The first kappa shape index (κ1) is 17.9. The number of unbranched alkanes of at least 4 members (excludes halogenated alkanes) is 1. The summed E-state index contributed by atoms with van der Waals surface area (Å²) in [5.74, 6) is 0.771. The van der Waals surface area contributed by atoms with Crippen LogP contribution >= 0.6 is 11.6 Å². The molecule has 1 aromatic heterocycles. The number of benzene rings is 2. The van der Waals surface area contributed by atoms with Gasteiger partial charge in [0.25, 0.3) is 0 Å². The van der Waals surface area contributed by atoms with Crippen molar-refractivity contribution < 1.29 is 9.15 Å². The van der Waals surface area contributed by atoms with Gasteiger partial charge in [-0.15, -0.1) is 0 Å². The average molecular weight is 384 g/mol. The van der Waals surface area contributed by atoms with Crippen molar-refractivity contribution in [3.8, 4) is 5.75 Å². The van der Waals surface area contributed by atoms with E-state index in [1.165, 1.54) is 0 Å². The third-order valence-corrected chi connectivity index (χ3v) is 5.51. The van der Waals surface area contributed by atoms with Crippen molar-refractivity contribution in [3.63, 3.8) is 0 Å². The van der Waals surface area contributed by atoms with E-state index >= 15 is 0 Å². The molecular weight excluding hydrogens is 362 g/mol. The smallest absolute Gasteiger partial charge is 0.336 e. The van der Waals surface area contributed by atoms with Crippen LogP contribution in [-0.2, 0) is 13.0 Å². The highest BCUT2D eigenvalue weighted by molar-refractivity contribution is 6.31. The van der Waals surface area contributed by atoms with Crippen LogP contribution in [0.15, 0.2) is 45.6 Å². The molecule has 0 saturated carbocycles. The highest BCUT2D eigenvalue weighted by Gasteiger charge is 2.23. The van der Waals surface area contributed by atoms with E-state index in [4.69, 9.17) is 20.8 Å². The predicted molar refractivity (Wildman–Crippen MR) is 109 cm³/mol. The summed E-state index contributed by atoms with van der Waals surface area (Å²) in [6.07, 6.45) is 2.99. The molecule has 0 aliphatic carbocycles. The first-order valence-electron chi connectivity index (χ1n) is 9.29. The van der Waals surface area contributed by atoms with Crippen LogP contribution < -0.4 is 15.3 Å². The van der Waals surface area contributed by atoms with E-state index in [0.29, 0.717) is 18.9 Å². The Morgan fingerprint density at radius 3 is 2.81 bits per heavy atom. The second-order valence-corrected chi connectivity index (χ2v) is 7.43. The number of nitrogens with zero attached hydrogens (tertiary/aromatic N) is 1. The molecule has 0 amide bonds. The Morgan fingerprint density at radius 2 is 2.04 bits per heavy atom. The standard InChI is InChI=1S/C22H22ClNO3/c1-3-4-5-15-10-21(25)27-22-17(15)8-9-20-18(22)12-24(13-26-20)16-7-6-14(2)19(23)11-16/h6-11H,3-5,12-13H2,1-2H3. The minimum atomic E-state index is -0.308. The van der Waals surface area contributed by atoms with Gasteiger partial charge in [-0.3, -0.25) is 0 Å². The number of fused-ring (bicyclic) bond motifs is 3. The van der Waals surface area contributed by atoms with Crippen molar-refractivity contribution in [2.75, 3.05) is 11.6 Å². The maximum absolute atomic E-state index is 12.1. The molecule has 0 atom stereocenters. The maximum Gasteiger partial charge on any atom is 0.336 e. The van der Waals surface area contributed by atoms with Crippen LogP contribution in [0.4, 0.5) is 5.69 Å². The summed E-state index contributed by atoms with van der Waals surface area (Å²) in [5, 5.41) is 1.72. The highest BCUT2D eigenvalue weighted by Crippen LogP contribution is 2.35. The molecule has 1 aliphatic heterocycles. The summed E-state index contributed by atoms with van der Waals surface area (Å²) in [4.78, 5) is 14.2. The monoisotopic (exact) mass is 383 g/mol. The molecule has 4 rings (SSSR count). The fourth-order valence-electron chi connectivity index (χ4n) is 3.52. The van der Waals surface area contributed by atoms with Gasteiger partial charge in [-0.2, -0.15) is 0 Å². The van der Waals surface area contributed by atoms with Gasteiger partial charge in [0.1, 0.15) is 11.3 Å². The largest absolute Gasteiger partial charge is 0.473 e. The highest BCUT2D eigenvalue weighted by atomic mass is 35.5. The molecule has 2 aromatic carbocycles. The van der Waals surface area contributed by atoms with E-state index < -0.39 is 0 Å². The van der Waals surface area contributed by atoms with Crippen LogP contribution in [0.25, 0.3) is 11.0 Å². The third-order valence-electron chi connectivity index (χ3n) is 5.10.